The largest absolute Gasteiger partial charge is 0.317 e. The molecule has 0 bridgehead atoms. The highest BCUT2D eigenvalue weighted by Gasteiger charge is 2.25. The summed E-state index contributed by atoms with van der Waals surface area (Å²) >= 11 is 0. The second-order valence-electron chi connectivity index (χ2n) is 2.06. The smallest absolute Gasteiger partial charge is 0.148 e. The Balaban J connectivity index is 4.14. The van der Waals surface area contributed by atoms with Crippen molar-refractivity contribution in [1.82, 2.24) is 10.6 Å². The first-order chi connectivity index (χ1) is 4.74. The Labute approximate surface area is 60.0 Å². The Morgan fingerprint density at radius 3 is 1.90 bits per heavy atom. The van der Waals surface area contributed by atoms with Crippen LogP contribution in [0.15, 0.2) is 0 Å². The van der Waals surface area contributed by atoms with Crippen molar-refractivity contribution in [2.75, 3.05) is 20.6 Å². The van der Waals surface area contributed by atoms with Gasteiger partial charge < -0.3 is 20.2 Å². The third-order valence-electron chi connectivity index (χ3n) is 1.36. The Hall–Kier alpha value is -0.740. The average Bonchev–Trinajstić information content (AvgIpc) is 2.01. The Morgan fingerprint density at radius 2 is 1.80 bits per heavy atom. The molecule has 4 heteroatoms. The van der Waals surface area contributed by atoms with Crippen molar-refractivity contribution in [3.63, 3.8) is 0 Å². The van der Waals surface area contributed by atoms with Crippen LogP contribution in [0.2, 0.25) is 0 Å². The molecule has 0 aliphatic heterocycles. The minimum Gasteiger partial charge on any atom is -0.317 e. The summed E-state index contributed by atoms with van der Waals surface area (Å²) in [5.41, 5.74) is -1.05. The molecule has 0 aromatic heterocycles. The lowest BCUT2D eigenvalue weighted by Crippen LogP contribution is -2.53. The van der Waals surface area contributed by atoms with Gasteiger partial charge in [0.25, 0.3) is 0 Å². The van der Waals surface area contributed by atoms with Crippen LogP contribution in [-0.2, 0) is 9.59 Å². The van der Waals surface area contributed by atoms with Gasteiger partial charge in [-0.1, -0.05) is 0 Å². The molecule has 0 aromatic carbocycles. The summed E-state index contributed by atoms with van der Waals surface area (Å²) in [6.07, 6.45) is 1.19. The fourth-order valence-electron chi connectivity index (χ4n) is 0.610. The molecule has 0 aromatic rings. The maximum Gasteiger partial charge on any atom is 0.148 e. The molecule has 0 radical (unpaired) electrons. The number of hydrogen-bond donors (Lipinski definition) is 2. The molecule has 0 amide bonds. The summed E-state index contributed by atoms with van der Waals surface area (Å²) in [4.78, 5) is 20.7. The Morgan fingerprint density at radius 1 is 1.30 bits per heavy atom. The van der Waals surface area contributed by atoms with E-state index in [4.69, 9.17) is 0 Å². The molecular weight excluding hydrogens is 132 g/mol. The van der Waals surface area contributed by atoms with Crippen LogP contribution in [0.3, 0.4) is 0 Å². The van der Waals surface area contributed by atoms with Crippen LogP contribution in [0, 0.1) is 0 Å². The van der Waals surface area contributed by atoms with Crippen molar-refractivity contribution in [2.24, 2.45) is 0 Å². The molecule has 58 valence electrons. The zero-order valence-electron chi connectivity index (χ0n) is 6.18. The maximum atomic E-state index is 10.3. The minimum atomic E-state index is -1.05. The van der Waals surface area contributed by atoms with Crippen molar-refractivity contribution < 1.29 is 9.59 Å². The quantitative estimate of drug-likeness (QED) is 0.366. The van der Waals surface area contributed by atoms with Gasteiger partial charge in [-0.05, 0) is 14.1 Å². The molecule has 10 heavy (non-hydrogen) atoms. The van der Waals surface area contributed by atoms with E-state index in [1.807, 2.05) is 0 Å². The van der Waals surface area contributed by atoms with E-state index in [0.717, 1.165) is 0 Å². The number of carbonyl (C=O) groups excluding carboxylic acids is 2. The van der Waals surface area contributed by atoms with Gasteiger partial charge in [0, 0.05) is 6.54 Å². The number of carbonyl (C=O) groups is 2. The van der Waals surface area contributed by atoms with Crippen LogP contribution in [0.25, 0.3) is 0 Å². The number of hydrogen-bond acceptors (Lipinski definition) is 4. The molecule has 2 N–H and O–H groups in total. The number of likely N-dealkylation sites (N-methyl/N-ethyl adjacent to an activating group) is 2. The third-order valence-corrected chi connectivity index (χ3v) is 1.36. The summed E-state index contributed by atoms with van der Waals surface area (Å²) in [6, 6.07) is 0. The third kappa shape index (κ3) is 1.89. The summed E-state index contributed by atoms with van der Waals surface area (Å²) in [5.74, 6) is 0. The van der Waals surface area contributed by atoms with Gasteiger partial charge >= 0.3 is 0 Å². The summed E-state index contributed by atoms with van der Waals surface area (Å²) < 4.78 is 0. The molecular formula is C6H12N2O2. The van der Waals surface area contributed by atoms with Gasteiger partial charge in [0.1, 0.15) is 18.1 Å². The zero-order valence-corrected chi connectivity index (χ0v) is 6.18. The molecule has 0 saturated carbocycles. The van der Waals surface area contributed by atoms with Gasteiger partial charge in [-0.15, -0.1) is 0 Å². The predicted octanol–water partition coefficient (Wildman–Crippen LogP) is -1.44. The molecule has 0 heterocycles. The van der Waals surface area contributed by atoms with Crippen LogP contribution >= 0.6 is 0 Å². The molecule has 0 aliphatic carbocycles. The topological polar surface area (TPSA) is 58.2 Å². The molecule has 0 rings (SSSR count). The van der Waals surface area contributed by atoms with Gasteiger partial charge in [0.05, 0.1) is 0 Å². The molecule has 0 fully saturated rings. The van der Waals surface area contributed by atoms with Crippen LogP contribution in [0.1, 0.15) is 0 Å². The van der Waals surface area contributed by atoms with Crippen molar-refractivity contribution in [3.8, 4) is 0 Å². The van der Waals surface area contributed by atoms with Crippen LogP contribution < -0.4 is 10.6 Å². The number of nitrogens with one attached hydrogen (secondary N) is 2. The Kier molecular flexibility index (Phi) is 3.83. The van der Waals surface area contributed by atoms with Crippen LogP contribution in [0.4, 0.5) is 0 Å². The van der Waals surface area contributed by atoms with E-state index in [1.54, 1.807) is 14.1 Å². The highest BCUT2D eigenvalue weighted by atomic mass is 16.1. The molecule has 0 spiro atoms. The monoisotopic (exact) mass is 144 g/mol. The van der Waals surface area contributed by atoms with E-state index >= 15 is 0 Å². The zero-order chi connectivity index (χ0) is 8.04. The van der Waals surface area contributed by atoms with Crippen molar-refractivity contribution >= 4 is 12.6 Å². The van der Waals surface area contributed by atoms with E-state index < -0.39 is 5.54 Å². The van der Waals surface area contributed by atoms with E-state index in [9.17, 15) is 9.59 Å². The van der Waals surface area contributed by atoms with Crippen molar-refractivity contribution in [3.05, 3.63) is 0 Å². The lowest BCUT2D eigenvalue weighted by Gasteiger charge is -2.19. The summed E-state index contributed by atoms with van der Waals surface area (Å²) in [7, 11) is 3.25. The maximum absolute atomic E-state index is 10.3. The van der Waals surface area contributed by atoms with Crippen LogP contribution in [-0.4, -0.2) is 38.8 Å². The fourth-order valence-corrected chi connectivity index (χ4v) is 0.610. The molecule has 0 atom stereocenters. The SMILES string of the molecule is CNCC(C=O)(C=O)NC. The van der Waals surface area contributed by atoms with Crippen LogP contribution in [0.5, 0.6) is 0 Å². The molecule has 4 nitrogen and oxygen atoms in total. The standard InChI is InChI=1S/C6H12N2O2/c1-7-3-6(4-9,5-10)8-2/h4-5,7-8H,3H2,1-2H3. The highest BCUT2D eigenvalue weighted by molar-refractivity contribution is 5.89. The normalized spacial score (nSPS) is 11.0. The van der Waals surface area contributed by atoms with Crippen molar-refractivity contribution in [1.29, 1.82) is 0 Å². The predicted molar refractivity (Wildman–Crippen MR) is 37.8 cm³/mol. The first-order valence-corrected chi connectivity index (χ1v) is 3.01. The second kappa shape index (κ2) is 4.14. The molecule has 0 saturated heterocycles. The minimum absolute atomic E-state index is 0.316. The van der Waals surface area contributed by atoms with Gasteiger partial charge in [0.2, 0.25) is 0 Å². The van der Waals surface area contributed by atoms with E-state index in [1.165, 1.54) is 0 Å². The fraction of sp³-hybridized carbons (Fsp3) is 0.667. The summed E-state index contributed by atoms with van der Waals surface area (Å²) in [6.45, 7) is 0.316. The Bertz CT molecular complexity index is 117. The average molecular weight is 144 g/mol. The van der Waals surface area contributed by atoms with Crippen molar-refractivity contribution in [2.45, 2.75) is 5.54 Å². The molecule has 0 unspecified atom stereocenters. The lowest BCUT2D eigenvalue weighted by atomic mass is 10.1. The van der Waals surface area contributed by atoms with E-state index in [-0.39, 0.29) is 0 Å². The first kappa shape index (κ1) is 9.26. The number of aldehydes is 2. The van der Waals surface area contributed by atoms with Gasteiger partial charge in [-0.2, -0.15) is 0 Å². The van der Waals surface area contributed by atoms with E-state index in [2.05, 4.69) is 10.6 Å². The molecule has 0 aliphatic rings. The first-order valence-electron chi connectivity index (χ1n) is 3.01. The van der Waals surface area contributed by atoms with E-state index in [0.29, 0.717) is 19.1 Å². The van der Waals surface area contributed by atoms with Gasteiger partial charge in [0.15, 0.2) is 0 Å². The summed E-state index contributed by atoms with van der Waals surface area (Å²) in [5, 5.41) is 5.35. The number of rotatable bonds is 5. The second-order valence-corrected chi connectivity index (χ2v) is 2.06. The van der Waals surface area contributed by atoms with Gasteiger partial charge in [-0.3, -0.25) is 0 Å². The lowest BCUT2D eigenvalue weighted by molar-refractivity contribution is -0.122. The van der Waals surface area contributed by atoms with Gasteiger partial charge in [-0.25, -0.2) is 0 Å². The highest BCUT2D eigenvalue weighted by Crippen LogP contribution is 1.91.